The van der Waals surface area contributed by atoms with Gasteiger partial charge in [-0.2, -0.15) is 0 Å². The van der Waals surface area contributed by atoms with Crippen LogP contribution in [0.3, 0.4) is 0 Å². The zero-order valence-corrected chi connectivity index (χ0v) is 11.1. The lowest BCUT2D eigenvalue weighted by Gasteiger charge is -2.38. The Labute approximate surface area is 115 Å². The van der Waals surface area contributed by atoms with Gasteiger partial charge in [0.2, 0.25) is 0 Å². The summed E-state index contributed by atoms with van der Waals surface area (Å²) in [5.41, 5.74) is -0.590. The second-order valence-electron chi connectivity index (χ2n) is 4.47. The topological polar surface area (TPSA) is 60.8 Å². The minimum absolute atomic E-state index is 0.0558. The van der Waals surface area contributed by atoms with E-state index in [1.54, 1.807) is 18.2 Å². The lowest BCUT2D eigenvalue weighted by atomic mass is 9.86. The molecular formula is C12H13Cl2NO3. The van der Waals surface area contributed by atoms with Crippen molar-refractivity contribution in [3.05, 3.63) is 33.8 Å². The number of hydrogen-bond donors (Lipinski definition) is 2. The van der Waals surface area contributed by atoms with Crippen LogP contribution in [0.2, 0.25) is 10.0 Å². The minimum atomic E-state index is -1.19. The van der Waals surface area contributed by atoms with E-state index >= 15 is 0 Å². The summed E-state index contributed by atoms with van der Waals surface area (Å²) in [5.74, 6) is 0. The molecule has 6 heteroatoms. The fourth-order valence-corrected chi connectivity index (χ4v) is 2.52. The second kappa shape index (κ2) is 4.96. The average molecular weight is 290 g/mol. The Balaban J connectivity index is 2.29. The van der Waals surface area contributed by atoms with Crippen molar-refractivity contribution >= 4 is 29.3 Å². The molecule has 1 unspecified atom stereocenters. The van der Waals surface area contributed by atoms with Crippen LogP contribution < -0.4 is 0 Å². The number of carbonyl (C=O) groups is 1. The highest BCUT2D eigenvalue weighted by Gasteiger charge is 2.37. The first-order chi connectivity index (χ1) is 8.42. The number of nitrogens with zero attached hydrogens (tertiary/aromatic N) is 1. The van der Waals surface area contributed by atoms with Gasteiger partial charge in [-0.15, -0.1) is 0 Å². The minimum Gasteiger partial charge on any atom is -0.465 e. The molecule has 1 aromatic rings. The van der Waals surface area contributed by atoms with E-state index in [0.29, 0.717) is 35.0 Å². The predicted molar refractivity (Wildman–Crippen MR) is 69.2 cm³/mol. The Morgan fingerprint density at radius 1 is 1.33 bits per heavy atom. The number of carboxylic acid groups (broad SMARTS) is 1. The van der Waals surface area contributed by atoms with Crippen LogP contribution >= 0.6 is 23.2 Å². The molecule has 0 bridgehead atoms. The molecule has 1 atom stereocenters. The summed E-state index contributed by atoms with van der Waals surface area (Å²) in [4.78, 5) is 12.2. The average Bonchev–Trinajstić information content (AvgIpc) is 2.32. The highest BCUT2D eigenvalue weighted by atomic mass is 35.5. The molecule has 1 aliphatic rings. The predicted octanol–water partition coefficient (Wildman–Crippen LogP) is 2.95. The lowest BCUT2D eigenvalue weighted by Crippen LogP contribution is -2.48. The molecule has 1 aromatic carbocycles. The van der Waals surface area contributed by atoms with E-state index in [1.165, 1.54) is 4.90 Å². The monoisotopic (exact) mass is 289 g/mol. The highest BCUT2D eigenvalue weighted by molar-refractivity contribution is 6.42. The van der Waals surface area contributed by atoms with E-state index in [9.17, 15) is 9.90 Å². The number of piperidine rings is 1. The summed E-state index contributed by atoms with van der Waals surface area (Å²) in [7, 11) is 0. The first-order valence-electron chi connectivity index (χ1n) is 5.58. The number of rotatable bonds is 1. The normalized spacial score (nSPS) is 24.1. The van der Waals surface area contributed by atoms with Crippen LogP contribution in [0.4, 0.5) is 4.79 Å². The molecule has 0 aromatic heterocycles. The summed E-state index contributed by atoms with van der Waals surface area (Å²) >= 11 is 11.7. The molecule has 0 spiro atoms. The fraction of sp³-hybridized carbons (Fsp3) is 0.417. The number of likely N-dealkylation sites (tertiary alicyclic amines) is 1. The van der Waals surface area contributed by atoms with Crippen molar-refractivity contribution in [2.24, 2.45) is 0 Å². The molecular weight excluding hydrogens is 277 g/mol. The molecule has 1 amide bonds. The van der Waals surface area contributed by atoms with E-state index in [0.717, 1.165) is 0 Å². The summed E-state index contributed by atoms with van der Waals surface area (Å²) in [6.45, 7) is 0.499. The van der Waals surface area contributed by atoms with Crippen LogP contribution in [-0.4, -0.2) is 34.3 Å². The van der Waals surface area contributed by atoms with Crippen molar-refractivity contribution in [3.8, 4) is 0 Å². The van der Waals surface area contributed by atoms with Gasteiger partial charge in [-0.25, -0.2) is 4.79 Å². The molecule has 2 N–H and O–H groups in total. The third kappa shape index (κ3) is 2.55. The van der Waals surface area contributed by atoms with E-state index in [4.69, 9.17) is 28.3 Å². The molecule has 2 rings (SSSR count). The van der Waals surface area contributed by atoms with Gasteiger partial charge in [0.25, 0.3) is 0 Å². The summed E-state index contributed by atoms with van der Waals surface area (Å²) in [5, 5.41) is 20.3. The van der Waals surface area contributed by atoms with Gasteiger partial charge in [0, 0.05) is 6.54 Å². The maximum atomic E-state index is 11.0. The Morgan fingerprint density at radius 3 is 2.67 bits per heavy atom. The molecule has 1 fully saturated rings. The number of benzene rings is 1. The van der Waals surface area contributed by atoms with Crippen LogP contribution in [-0.2, 0) is 5.60 Å². The Kier molecular flexibility index (Phi) is 3.71. The molecule has 1 aliphatic heterocycles. The fourth-order valence-electron chi connectivity index (χ4n) is 2.22. The molecule has 0 radical (unpaired) electrons. The van der Waals surface area contributed by atoms with Crippen molar-refractivity contribution in [1.82, 2.24) is 4.90 Å². The number of halogens is 2. The molecule has 4 nitrogen and oxygen atoms in total. The van der Waals surface area contributed by atoms with Gasteiger partial charge in [0.1, 0.15) is 5.60 Å². The van der Waals surface area contributed by atoms with Crippen molar-refractivity contribution in [2.75, 3.05) is 13.1 Å². The van der Waals surface area contributed by atoms with Crippen molar-refractivity contribution in [2.45, 2.75) is 18.4 Å². The van der Waals surface area contributed by atoms with Gasteiger partial charge >= 0.3 is 6.09 Å². The largest absolute Gasteiger partial charge is 0.465 e. The Bertz CT molecular complexity index is 480. The van der Waals surface area contributed by atoms with Crippen LogP contribution in [0.1, 0.15) is 18.4 Å². The van der Waals surface area contributed by atoms with Crippen molar-refractivity contribution < 1.29 is 15.0 Å². The summed E-state index contributed by atoms with van der Waals surface area (Å²) < 4.78 is 0. The van der Waals surface area contributed by atoms with Gasteiger partial charge < -0.3 is 15.1 Å². The number of amides is 1. The molecule has 1 saturated heterocycles. The zero-order valence-electron chi connectivity index (χ0n) is 9.57. The van der Waals surface area contributed by atoms with Gasteiger partial charge in [0.05, 0.1) is 16.6 Å². The van der Waals surface area contributed by atoms with Crippen molar-refractivity contribution in [3.63, 3.8) is 0 Å². The Morgan fingerprint density at radius 2 is 2.06 bits per heavy atom. The first-order valence-corrected chi connectivity index (χ1v) is 6.34. The van der Waals surface area contributed by atoms with Crippen LogP contribution in [0, 0.1) is 0 Å². The van der Waals surface area contributed by atoms with E-state index < -0.39 is 11.7 Å². The van der Waals surface area contributed by atoms with Crippen LogP contribution in [0.5, 0.6) is 0 Å². The molecule has 0 saturated carbocycles. The first kappa shape index (κ1) is 13.5. The smallest absolute Gasteiger partial charge is 0.407 e. The van der Waals surface area contributed by atoms with Crippen LogP contribution in [0.25, 0.3) is 0 Å². The van der Waals surface area contributed by atoms with E-state index in [-0.39, 0.29) is 6.54 Å². The lowest BCUT2D eigenvalue weighted by molar-refractivity contribution is -0.0295. The van der Waals surface area contributed by atoms with Gasteiger partial charge in [0.15, 0.2) is 0 Å². The zero-order chi connectivity index (χ0) is 13.3. The summed E-state index contributed by atoms with van der Waals surface area (Å²) in [6, 6.07) is 4.88. The third-order valence-electron chi connectivity index (χ3n) is 3.20. The molecule has 18 heavy (non-hydrogen) atoms. The van der Waals surface area contributed by atoms with Gasteiger partial charge in [-0.1, -0.05) is 29.3 Å². The maximum absolute atomic E-state index is 11.0. The van der Waals surface area contributed by atoms with Crippen molar-refractivity contribution in [1.29, 1.82) is 0 Å². The number of aliphatic hydroxyl groups is 1. The standard InChI is InChI=1S/C12H13Cl2NO3/c13-9-3-2-8(6-10(9)14)12(18)4-1-5-15(7-12)11(16)17/h2-3,6,18H,1,4-5,7H2,(H,16,17). The molecule has 0 aliphatic carbocycles. The quantitative estimate of drug-likeness (QED) is 0.836. The Hall–Kier alpha value is -0.970. The molecule has 1 heterocycles. The number of β-amino-alcohol motifs (C(OH)–C–C–N with tert-alkyl or cyclic N) is 1. The number of hydrogen-bond acceptors (Lipinski definition) is 2. The maximum Gasteiger partial charge on any atom is 0.407 e. The SMILES string of the molecule is O=C(O)N1CCCC(O)(c2ccc(Cl)c(Cl)c2)C1. The van der Waals surface area contributed by atoms with E-state index in [1.807, 2.05) is 0 Å². The highest BCUT2D eigenvalue weighted by Crippen LogP contribution is 2.34. The third-order valence-corrected chi connectivity index (χ3v) is 3.94. The second-order valence-corrected chi connectivity index (χ2v) is 5.28. The summed E-state index contributed by atoms with van der Waals surface area (Å²) in [6.07, 6.45) is 0.103. The van der Waals surface area contributed by atoms with Crippen LogP contribution in [0.15, 0.2) is 18.2 Å². The molecule has 98 valence electrons. The van der Waals surface area contributed by atoms with Gasteiger partial charge in [-0.05, 0) is 30.5 Å². The van der Waals surface area contributed by atoms with Gasteiger partial charge in [-0.3, -0.25) is 0 Å². The van der Waals surface area contributed by atoms with E-state index in [2.05, 4.69) is 0 Å².